The van der Waals surface area contributed by atoms with Crippen molar-refractivity contribution in [2.45, 2.75) is 46.6 Å². The van der Waals surface area contributed by atoms with Crippen molar-refractivity contribution >= 4 is 5.82 Å². The van der Waals surface area contributed by atoms with Crippen LogP contribution >= 0.6 is 0 Å². The minimum atomic E-state index is -0.0907. The van der Waals surface area contributed by atoms with E-state index in [-0.39, 0.29) is 18.1 Å². The Balaban J connectivity index is 2.76. The van der Waals surface area contributed by atoms with E-state index in [4.69, 9.17) is 4.74 Å². The molecular weight excluding hydrogens is 240 g/mol. The highest BCUT2D eigenvalue weighted by atomic mass is 16.5. The van der Waals surface area contributed by atoms with E-state index >= 15 is 0 Å². The van der Waals surface area contributed by atoms with Crippen molar-refractivity contribution in [1.29, 1.82) is 0 Å². The molecule has 1 heterocycles. The van der Waals surface area contributed by atoms with Gasteiger partial charge in [0.05, 0.1) is 12.7 Å². The van der Waals surface area contributed by atoms with Crippen LogP contribution in [-0.4, -0.2) is 29.3 Å². The fourth-order valence-electron chi connectivity index (χ4n) is 1.92. The van der Waals surface area contributed by atoms with Crippen LogP contribution in [0.5, 0.6) is 5.75 Å². The van der Waals surface area contributed by atoms with Crippen LogP contribution in [0.3, 0.4) is 0 Å². The Hall–Kier alpha value is -1.29. The van der Waals surface area contributed by atoms with Gasteiger partial charge in [-0.25, -0.2) is 4.98 Å². The summed E-state index contributed by atoms with van der Waals surface area (Å²) in [5.41, 5.74) is -0.0907. The first kappa shape index (κ1) is 15.8. The van der Waals surface area contributed by atoms with Crippen molar-refractivity contribution < 1.29 is 9.84 Å². The number of aliphatic hydroxyl groups is 1. The maximum atomic E-state index is 9.58. The summed E-state index contributed by atoms with van der Waals surface area (Å²) in [6.45, 7) is 9.07. The molecule has 0 aliphatic heterocycles. The summed E-state index contributed by atoms with van der Waals surface area (Å²) < 4.78 is 5.72. The first-order chi connectivity index (χ1) is 9.06. The van der Waals surface area contributed by atoms with Gasteiger partial charge in [-0.05, 0) is 38.8 Å². The third kappa shape index (κ3) is 4.39. The Bertz CT molecular complexity index is 368. The van der Waals surface area contributed by atoms with Gasteiger partial charge in [-0.3, -0.25) is 0 Å². The predicted octanol–water partition coefficient (Wildman–Crippen LogP) is 3.08. The largest absolute Gasteiger partial charge is 0.487 e. The number of hydrogen-bond acceptors (Lipinski definition) is 4. The van der Waals surface area contributed by atoms with E-state index in [0.717, 1.165) is 24.4 Å². The van der Waals surface area contributed by atoms with Crippen LogP contribution in [0.4, 0.5) is 5.82 Å². The maximum absolute atomic E-state index is 9.58. The summed E-state index contributed by atoms with van der Waals surface area (Å²) in [7, 11) is 0. The molecule has 0 aromatic carbocycles. The SMILES string of the molecule is CCC(CC)(CO)CNc1ncccc1OC(C)C. The maximum Gasteiger partial charge on any atom is 0.168 e. The minimum absolute atomic E-state index is 0.0907. The van der Waals surface area contributed by atoms with Crippen LogP contribution in [0.2, 0.25) is 0 Å². The van der Waals surface area contributed by atoms with E-state index < -0.39 is 0 Å². The molecule has 2 N–H and O–H groups in total. The number of pyridine rings is 1. The first-order valence-corrected chi connectivity index (χ1v) is 7.03. The number of nitrogens with zero attached hydrogens (tertiary/aromatic N) is 1. The van der Waals surface area contributed by atoms with Gasteiger partial charge < -0.3 is 15.2 Å². The number of rotatable bonds is 8. The second kappa shape index (κ2) is 7.34. The van der Waals surface area contributed by atoms with Crippen LogP contribution in [0.25, 0.3) is 0 Å². The van der Waals surface area contributed by atoms with E-state index in [0.29, 0.717) is 6.54 Å². The highest BCUT2D eigenvalue weighted by Crippen LogP contribution is 2.28. The molecular formula is C15H26N2O2. The molecule has 0 saturated carbocycles. The predicted molar refractivity (Wildman–Crippen MR) is 78.6 cm³/mol. The summed E-state index contributed by atoms with van der Waals surface area (Å²) in [5.74, 6) is 1.51. The molecule has 1 aromatic rings. The molecule has 0 fully saturated rings. The van der Waals surface area contributed by atoms with Crippen molar-refractivity contribution in [3.05, 3.63) is 18.3 Å². The van der Waals surface area contributed by atoms with E-state index in [2.05, 4.69) is 24.1 Å². The summed E-state index contributed by atoms with van der Waals surface area (Å²) >= 11 is 0. The Kier molecular flexibility index (Phi) is 6.09. The van der Waals surface area contributed by atoms with Crippen LogP contribution in [0.15, 0.2) is 18.3 Å². The van der Waals surface area contributed by atoms with Gasteiger partial charge in [0, 0.05) is 18.2 Å². The van der Waals surface area contributed by atoms with Gasteiger partial charge in [-0.2, -0.15) is 0 Å². The Morgan fingerprint density at radius 2 is 2.05 bits per heavy atom. The Labute approximate surface area is 116 Å². The quantitative estimate of drug-likeness (QED) is 0.759. The van der Waals surface area contributed by atoms with E-state index in [1.165, 1.54) is 0 Å². The lowest BCUT2D eigenvalue weighted by Gasteiger charge is -2.30. The molecule has 0 radical (unpaired) electrons. The molecule has 0 atom stereocenters. The third-order valence-electron chi connectivity index (χ3n) is 3.60. The number of anilines is 1. The van der Waals surface area contributed by atoms with Gasteiger partial charge in [0.2, 0.25) is 0 Å². The van der Waals surface area contributed by atoms with Gasteiger partial charge >= 0.3 is 0 Å². The second-order valence-corrected chi connectivity index (χ2v) is 5.24. The number of nitrogens with one attached hydrogen (secondary N) is 1. The molecule has 4 heteroatoms. The highest BCUT2D eigenvalue weighted by molar-refractivity contribution is 5.49. The van der Waals surface area contributed by atoms with Crippen molar-refractivity contribution in [3.63, 3.8) is 0 Å². The summed E-state index contributed by atoms with van der Waals surface area (Å²) in [6, 6.07) is 3.77. The third-order valence-corrected chi connectivity index (χ3v) is 3.60. The van der Waals surface area contributed by atoms with Gasteiger partial charge in [0.25, 0.3) is 0 Å². The molecule has 0 bridgehead atoms. The zero-order valence-corrected chi connectivity index (χ0v) is 12.4. The number of ether oxygens (including phenoxy) is 1. The average molecular weight is 266 g/mol. The van der Waals surface area contributed by atoms with Crippen molar-refractivity contribution in [1.82, 2.24) is 4.98 Å². The second-order valence-electron chi connectivity index (χ2n) is 5.24. The standard InChI is InChI=1S/C15H26N2O2/c1-5-15(6-2,11-18)10-17-14-13(19-12(3)4)8-7-9-16-14/h7-9,12,18H,5-6,10-11H2,1-4H3,(H,16,17). The number of aliphatic hydroxyl groups excluding tert-OH is 1. The van der Waals surface area contributed by atoms with Crippen LogP contribution < -0.4 is 10.1 Å². The van der Waals surface area contributed by atoms with Gasteiger partial charge in [-0.15, -0.1) is 0 Å². The molecule has 1 rings (SSSR count). The normalized spacial score (nSPS) is 11.7. The molecule has 0 unspecified atom stereocenters. The lowest BCUT2D eigenvalue weighted by molar-refractivity contribution is 0.127. The average Bonchev–Trinajstić information content (AvgIpc) is 2.42. The first-order valence-electron chi connectivity index (χ1n) is 7.03. The van der Waals surface area contributed by atoms with E-state index in [1.54, 1.807) is 6.20 Å². The molecule has 0 spiro atoms. The highest BCUT2D eigenvalue weighted by Gasteiger charge is 2.25. The number of aromatic nitrogens is 1. The van der Waals surface area contributed by atoms with Crippen molar-refractivity contribution in [2.75, 3.05) is 18.5 Å². The zero-order valence-electron chi connectivity index (χ0n) is 12.4. The smallest absolute Gasteiger partial charge is 0.168 e. The molecule has 1 aromatic heterocycles. The molecule has 0 saturated heterocycles. The van der Waals surface area contributed by atoms with Gasteiger partial charge in [0.1, 0.15) is 0 Å². The summed E-state index contributed by atoms with van der Waals surface area (Å²) in [4.78, 5) is 4.32. The molecule has 0 aliphatic rings. The molecule has 0 aliphatic carbocycles. The minimum Gasteiger partial charge on any atom is -0.487 e. The molecule has 19 heavy (non-hydrogen) atoms. The van der Waals surface area contributed by atoms with Crippen LogP contribution in [0.1, 0.15) is 40.5 Å². The van der Waals surface area contributed by atoms with E-state index in [1.807, 2.05) is 26.0 Å². The Morgan fingerprint density at radius 3 is 2.58 bits per heavy atom. The fourth-order valence-corrected chi connectivity index (χ4v) is 1.92. The number of hydrogen-bond donors (Lipinski definition) is 2. The van der Waals surface area contributed by atoms with Crippen LogP contribution in [-0.2, 0) is 0 Å². The summed E-state index contributed by atoms with van der Waals surface area (Å²) in [6.07, 6.45) is 3.72. The van der Waals surface area contributed by atoms with Crippen LogP contribution in [0, 0.1) is 5.41 Å². The van der Waals surface area contributed by atoms with Gasteiger partial charge in [0.15, 0.2) is 11.6 Å². The molecule has 4 nitrogen and oxygen atoms in total. The van der Waals surface area contributed by atoms with Crippen molar-refractivity contribution in [3.8, 4) is 5.75 Å². The van der Waals surface area contributed by atoms with Crippen molar-refractivity contribution in [2.24, 2.45) is 5.41 Å². The summed E-state index contributed by atoms with van der Waals surface area (Å²) in [5, 5.41) is 12.9. The Morgan fingerprint density at radius 1 is 1.37 bits per heavy atom. The lowest BCUT2D eigenvalue weighted by atomic mass is 9.83. The topological polar surface area (TPSA) is 54.4 Å². The molecule has 0 amide bonds. The van der Waals surface area contributed by atoms with E-state index in [9.17, 15) is 5.11 Å². The monoisotopic (exact) mass is 266 g/mol. The zero-order chi connectivity index (χ0) is 14.3. The fraction of sp³-hybridized carbons (Fsp3) is 0.667. The van der Waals surface area contributed by atoms with Gasteiger partial charge in [-0.1, -0.05) is 13.8 Å². The lowest BCUT2D eigenvalue weighted by Crippen LogP contribution is -2.32. The molecule has 108 valence electrons.